The lowest BCUT2D eigenvalue weighted by Crippen LogP contribution is -2.39. The van der Waals surface area contributed by atoms with Gasteiger partial charge in [0, 0.05) is 6.42 Å². The molecule has 0 saturated carbocycles. The molecule has 0 aliphatic rings. The zero-order chi connectivity index (χ0) is 24.9. The fourth-order valence-corrected chi connectivity index (χ4v) is 4.27. The molecule has 1 amide bonds. The maximum Gasteiger partial charge on any atom is 0.469 e. The Morgan fingerprint density at radius 1 is 0.912 bits per heavy atom. The van der Waals surface area contributed by atoms with Crippen LogP contribution < -0.4 is 5.32 Å². The van der Waals surface area contributed by atoms with Crippen molar-refractivity contribution in [3.63, 3.8) is 0 Å². The second-order valence-corrected chi connectivity index (χ2v) is 10.3. The maximum absolute atomic E-state index is 12.3. The maximum atomic E-state index is 12.3. The molecule has 1 rings (SSSR count). The molecular formula is C27H46NO5P. The molecule has 0 fully saturated rings. The van der Waals surface area contributed by atoms with E-state index < -0.39 is 13.9 Å². The summed E-state index contributed by atoms with van der Waals surface area (Å²) >= 11 is 0. The van der Waals surface area contributed by atoms with Crippen LogP contribution in [0.3, 0.4) is 0 Å². The summed E-state index contributed by atoms with van der Waals surface area (Å²) in [4.78, 5) is 30.3. The van der Waals surface area contributed by atoms with E-state index in [1.807, 2.05) is 30.3 Å². The minimum Gasteiger partial charge on any atom is -0.351 e. The van der Waals surface area contributed by atoms with Gasteiger partial charge in [0.1, 0.15) is 0 Å². The zero-order valence-corrected chi connectivity index (χ0v) is 21.9. The van der Waals surface area contributed by atoms with Crippen molar-refractivity contribution in [3.8, 4) is 0 Å². The summed E-state index contributed by atoms with van der Waals surface area (Å²) < 4.78 is 15.7. The van der Waals surface area contributed by atoms with Crippen molar-refractivity contribution in [2.75, 3.05) is 6.61 Å². The van der Waals surface area contributed by atoms with Crippen molar-refractivity contribution in [2.45, 2.75) is 109 Å². The Labute approximate surface area is 206 Å². The van der Waals surface area contributed by atoms with Crippen molar-refractivity contribution >= 4 is 13.7 Å². The average Bonchev–Trinajstić information content (AvgIpc) is 2.80. The molecule has 194 valence electrons. The zero-order valence-electron chi connectivity index (χ0n) is 21.0. The van der Waals surface area contributed by atoms with E-state index in [0.717, 1.165) is 31.2 Å². The lowest BCUT2D eigenvalue weighted by atomic mass is 10.1. The number of allylic oxidation sites excluding steroid dienone is 2. The molecule has 7 heteroatoms. The number of benzene rings is 1. The minimum atomic E-state index is -4.58. The van der Waals surface area contributed by atoms with Crippen LogP contribution in [0.4, 0.5) is 0 Å². The van der Waals surface area contributed by atoms with Gasteiger partial charge in [-0.25, -0.2) is 4.57 Å². The number of carbonyl (C=O) groups excluding carboxylic acids is 1. The standard InChI is InChI=1S/C27H46NO5P/c1-2-3-4-5-6-7-8-9-10-11-12-13-14-15-19-22-27(29)28-26(24-33-34(30,31)32)23-25-20-17-16-18-21-25/h9-10,16-18,20-21,26H,2-8,11-15,19,22-24H2,1H3,(H,28,29)(H2,30,31,32)/t26-/m0/s1. The molecule has 0 aliphatic carbocycles. The Hall–Kier alpha value is -1.46. The third-order valence-electron chi connectivity index (χ3n) is 5.80. The molecule has 1 aromatic rings. The van der Waals surface area contributed by atoms with Crippen LogP contribution in [0.1, 0.15) is 102 Å². The van der Waals surface area contributed by atoms with E-state index in [-0.39, 0.29) is 12.5 Å². The number of hydrogen-bond donors (Lipinski definition) is 3. The van der Waals surface area contributed by atoms with E-state index in [9.17, 15) is 9.36 Å². The summed E-state index contributed by atoms with van der Waals surface area (Å²) in [5, 5.41) is 2.87. The molecule has 0 radical (unpaired) electrons. The molecular weight excluding hydrogens is 449 g/mol. The largest absolute Gasteiger partial charge is 0.469 e. The first-order valence-corrected chi connectivity index (χ1v) is 14.6. The number of rotatable bonds is 21. The molecule has 6 nitrogen and oxygen atoms in total. The van der Waals surface area contributed by atoms with Crippen molar-refractivity contribution in [1.82, 2.24) is 5.32 Å². The van der Waals surface area contributed by atoms with E-state index in [4.69, 9.17) is 9.79 Å². The summed E-state index contributed by atoms with van der Waals surface area (Å²) in [6.45, 7) is 2.02. The number of phosphoric acid groups is 1. The quantitative estimate of drug-likeness (QED) is 0.0983. The molecule has 0 spiro atoms. The summed E-state index contributed by atoms with van der Waals surface area (Å²) in [5.41, 5.74) is 0.975. The number of nitrogens with one attached hydrogen (secondary N) is 1. The minimum absolute atomic E-state index is 0.104. The summed E-state index contributed by atoms with van der Waals surface area (Å²) in [7, 11) is -4.58. The van der Waals surface area contributed by atoms with E-state index in [1.165, 1.54) is 57.8 Å². The van der Waals surface area contributed by atoms with Crippen LogP contribution in [0.15, 0.2) is 42.5 Å². The third kappa shape index (κ3) is 18.9. The predicted octanol–water partition coefficient (Wildman–Crippen LogP) is 6.86. The first-order chi connectivity index (χ1) is 16.4. The van der Waals surface area contributed by atoms with Crippen LogP contribution in [0.5, 0.6) is 0 Å². The van der Waals surface area contributed by atoms with Crippen molar-refractivity contribution in [1.29, 1.82) is 0 Å². The smallest absolute Gasteiger partial charge is 0.351 e. The molecule has 0 aliphatic heterocycles. The predicted molar refractivity (Wildman–Crippen MR) is 140 cm³/mol. The van der Waals surface area contributed by atoms with Crippen LogP contribution >= 0.6 is 7.82 Å². The van der Waals surface area contributed by atoms with Crippen molar-refractivity contribution < 1.29 is 23.7 Å². The van der Waals surface area contributed by atoms with Gasteiger partial charge in [-0.05, 0) is 44.1 Å². The second kappa shape index (κ2) is 19.8. The Kier molecular flexibility index (Phi) is 17.8. The van der Waals surface area contributed by atoms with Gasteiger partial charge in [-0.3, -0.25) is 9.32 Å². The number of hydrogen-bond acceptors (Lipinski definition) is 3. The monoisotopic (exact) mass is 495 g/mol. The van der Waals surface area contributed by atoms with E-state index in [0.29, 0.717) is 12.8 Å². The van der Waals surface area contributed by atoms with Crippen molar-refractivity contribution in [3.05, 3.63) is 48.0 Å². The topological polar surface area (TPSA) is 95.9 Å². The Bertz CT molecular complexity index is 704. The van der Waals surface area contributed by atoms with Crippen LogP contribution in [0.2, 0.25) is 0 Å². The van der Waals surface area contributed by atoms with Gasteiger partial charge in [-0.2, -0.15) is 0 Å². The normalized spacial score (nSPS) is 12.8. The van der Waals surface area contributed by atoms with Gasteiger partial charge < -0.3 is 15.1 Å². The molecule has 34 heavy (non-hydrogen) atoms. The lowest BCUT2D eigenvalue weighted by molar-refractivity contribution is -0.122. The van der Waals surface area contributed by atoms with Gasteiger partial charge in [0.2, 0.25) is 5.91 Å². The second-order valence-electron chi connectivity index (χ2n) is 9.07. The average molecular weight is 496 g/mol. The highest BCUT2D eigenvalue weighted by molar-refractivity contribution is 7.46. The highest BCUT2D eigenvalue weighted by Gasteiger charge is 2.20. The Balaban J connectivity index is 2.11. The fourth-order valence-electron chi connectivity index (χ4n) is 3.89. The lowest BCUT2D eigenvalue weighted by Gasteiger charge is -2.19. The van der Waals surface area contributed by atoms with Crippen LogP contribution in [-0.4, -0.2) is 28.3 Å². The third-order valence-corrected chi connectivity index (χ3v) is 6.28. The molecule has 0 aromatic heterocycles. The molecule has 0 heterocycles. The molecule has 3 N–H and O–H groups in total. The van der Waals surface area contributed by atoms with Crippen LogP contribution in [0.25, 0.3) is 0 Å². The van der Waals surface area contributed by atoms with Gasteiger partial charge in [0.05, 0.1) is 12.6 Å². The Morgan fingerprint density at radius 2 is 1.47 bits per heavy atom. The van der Waals surface area contributed by atoms with Gasteiger partial charge in [0.15, 0.2) is 0 Å². The van der Waals surface area contributed by atoms with Gasteiger partial charge >= 0.3 is 7.82 Å². The molecule has 1 atom stereocenters. The van der Waals surface area contributed by atoms with Gasteiger partial charge in [0.25, 0.3) is 0 Å². The van der Waals surface area contributed by atoms with Crippen molar-refractivity contribution in [2.24, 2.45) is 0 Å². The number of carbonyl (C=O) groups is 1. The molecule has 0 bridgehead atoms. The van der Waals surface area contributed by atoms with Crippen LogP contribution in [0, 0.1) is 0 Å². The number of phosphoric ester groups is 1. The molecule has 1 aromatic carbocycles. The first-order valence-electron chi connectivity index (χ1n) is 13.1. The number of unbranched alkanes of at least 4 members (excludes halogenated alkanes) is 11. The molecule has 0 saturated heterocycles. The van der Waals surface area contributed by atoms with E-state index >= 15 is 0 Å². The van der Waals surface area contributed by atoms with E-state index in [1.54, 1.807) is 0 Å². The fraction of sp³-hybridized carbons (Fsp3) is 0.667. The SMILES string of the molecule is CCCCCCCCC=CCCCCCCCC(=O)N[C@H](COP(=O)(O)O)Cc1ccccc1. The number of amides is 1. The highest BCUT2D eigenvalue weighted by atomic mass is 31.2. The van der Waals surface area contributed by atoms with Crippen LogP contribution in [-0.2, 0) is 20.3 Å². The summed E-state index contributed by atoms with van der Waals surface area (Å²) in [6.07, 6.45) is 21.2. The highest BCUT2D eigenvalue weighted by Crippen LogP contribution is 2.35. The molecule has 0 unspecified atom stereocenters. The van der Waals surface area contributed by atoms with E-state index in [2.05, 4.69) is 28.9 Å². The first kappa shape index (κ1) is 30.6. The Morgan fingerprint density at radius 3 is 2.06 bits per heavy atom. The van der Waals surface area contributed by atoms with Gasteiger partial charge in [-0.1, -0.05) is 101 Å². The summed E-state index contributed by atoms with van der Waals surface area (Å²) in [6, 6.07) is 9.04. The van der Waals surface area contributed by atoms with Gasteiger partial charge in [-0.15, -0.1) is 0 Å². The summed E-state index contributed by atoms with van der Waals surface area (Å²) in [5.74, 6) is -0.104.